The summed E-state index contributed by atoms with van der Waals surface area (Å²) in [5.74, 6) is 1.26. The lowest BCUT2D eigenvalue weighted by Crippen LogP contribution is -2.28. The van der Waals surface area contributed by atoms with Crippen LogP contribution < -0.4 is 10.1 Å². The quantitative estimate of drug-likeness (QED) is 0.742. The third kappa shape index (κ3) is 6.22. The molecule has 1 N–H and O–H groups in total. The largest absolute Gasteiger partial charge is 0.482 e. The number of carbonyl (C=O) groups is 1. The van der Waals surface area contributed by atoms with Crippen molar-refractivity contribution in [2.24, 2.45) is 5.92 Å². The van der Waals surface area contributed by atoms with Crippen molar-refractivity contribution in [3.05, 3.63) is 29.8 Å². The van der Waals surface area contributed by atoms with Crippen LogP contribution in [0.5, 0.6) is 5.75 Å². The maximum absolute atomic E-state index is 11.2. The topological polar surface area (TPSA) is 47.6 Å². The standard InChI is InChI=1S/C19H29NO3/c1-15(12-16-8-4-3-5-9-16)20-13-17-10-6-7-11-18(17)23-14-19(21)22-2/h6-7,10-11,15-16,20H,3-5,8-9,12-14H2,1-2H3. The fourth-order valence-corrected chi connectivity index (χ4v) is 3.28. The summed E-state index contributed by atoms with van der Waals surface area (Å²) in [6.07, 6.45) is 8.19. The van der Waals surface area contributed by atoms with Crippen molar-refractivity contribution in [3.63, 3.8) is 0 Å². The van der Waals surface area contributed by atoms with Crippen molar-refractivity contribution in [2.45, 2.75) is 58.0 Å². The predicted molar refractivity (Wildman–Crippen MR) is 91.4 cm³/mol. The molecule has 2 rings (SSSR count). The van der Waals surface area contributed by atoms with E-state index in [4.69, 9.17) is 4.74 Å². The first-order valence-corrected chi connectivity index (χ1v) is 8.70. The van der Waals surface area contributed by atoms with Gasteiger partial charge in [-0.3, -0.25) is 0 Å². The Labute approximate surface area is 139 Å². The zero-order chi connectivity index (χ0) is 16.5. The molecule has 4 heteroatoms. The second-order valence-corrected chi connectivity index (χ2v) is 6.49. The molecule has 4 nitrogen and oxygen atoms in total. The van der Waals surface area contributed by atoms with E-state index in [0.29, 0.717) is 6.04 Å². The molecule has 1 saturated carbocycles. The minimum atomic E-state index is -0.363. The maximum Gasteiger partial charge on any atom is 0.343 e. The van der Waals surface area contributed by atoms with E-state index >= 15 is 0 Å². The van der Waals surface area contributed by atoms with E-state index in [9.17, 15) is 4.79 Å². The molecule has 0 heterocycles. The van der Waals surface area contributed by atoms with E-state index in [1.807, 2.05) is 24.3 Å². The number of hydrogen-bond donors (Lipinski definition) is 1. The fraction of sp³-hybridized carbons (Fsp3) is 0.632. The van der Waals surface area contributed by atoms with Crippen molar-refractivity contribution < 1.29 is 14.3 Å². The summed E-state index contributed by atoms with van der Waals surface area (Å²) in [5, 5.41) is 3.59. The molecule has 1 fully saturated rings. The number of nitrogens with one attached hydrogen (secondary N) is 1. The van der Waals surface area contributed by atoms with E-state index in [1.165, 1.54) is 45.6 Å². The van der Waals surface area contributed by atoms with Gasteiger partial charge in [-0.1, -0.05) is 50.3 Å². The van der Waals surface area contributed by atoms with Gasteiger partial charge in [-0.05, 0) is 25.3 Å². The molecule has 0 saturated heterocycles. The van der Waals surface area contributed by atoms with Crippen LogP contribution in [0.3, 0.4) is 0 Å². The van der Waals surface area contributed by atoms with Gasteiger partial charge in [0.1, 0.15) is 5.75 Å². The van der Waals surface area contributed by atoms with Gasteiger partial charge in [0.2, 0.25) is 0 Å². The predicted octanol–water partition coefficient (Wildman–Crippen LogP) is 3.69. The van der Waals surface area contributed by atoms with Gasteiger partial charge in [-0.2, -0.15) is 0 Å². The monoisotopic (exact) mass is 319 g/mol. The summed E-state index contributed by atoms with van der Waals surface area (Å²) in [7, 11) is 1.37. The molecule has 0 bridgehead atoms. The van der Waals surface area contributed by atoms with Crippen LogP contribution in [0.4, 0.5) is 0 Å². The highest BCUT2D eigenvalue weighted by atomic mass is 16.6. The number of benzene rings is 1. The molecule has 1 aromatic rings. The molecular weight excluding hydrogens is 290 g/mol. The Morgan fingerprint density at radius 3 is 2.74 bits per heavy atom. The normalized spacial score (nSPS) is 16.8. The number of para-hydroxylation sites is 1. The van der Waals surface area contributed by atoms with Crippen LogP contribution in [-0.4, -0.2) is 25.7 Å². The van der Waals surface area contributed by atoms with Crippen LogP contribution in [-0.2, 0) is 16.1 Å². The lowest BCUT2D eigenvalue weighted by molar-refractivity contribution is -0.142. The Morgan fingerprint density at radius 2 is 2.00 bits per heavy atom. The first-order valence-electron chi connectivity index (χ1n) is 8.70. The highest BCUT2D eigenvalue weighted by Crippen LogP contribution is 2.27. The summed E-state index contributed by atoms with van der Waals surface area (Å²) in [5.41, 5.74) is 1.08. The average Bonchev–Trinajstić information content (AvgIpc) is 2.59. The summed E-state index contributed by atoms with van der Waals surface area (Å²) < 4.78 is 10.2. The van der Waals surface area contributed by atoms with E-state index in [0.717, 1.165) is 23.8 Å². The van der Waals surface area contributed by atoms with Crippen LogP contribution in [0.1, 0.15) is 51.0 Å². The minimum absolute atomic E-state index is 0.0505. The highest BCUT2D eigenvalue weighted by Gasteiger charge is 2.16. The fourth-order valence-electron chi connectivity index (χ4n) is 3.28. The first-order chi connectivity index (χ1) is 11.2. The van der Waals surface area contributed by atoms with Gasteiger partial charge in [0.15, 0.2) is 6.61 Å². The molecule has 1 aromatic carbocycles. The van der Waals surface area contributed by atoms with Crippen LogP contribution in [0.25, 0.3) is 0 Å². The smallest absolute Gasteiger partial charge is 0.343 e. The van der Waals surface area contributed by atoms with Crippen LogP contribution in [0.15, 0.2) is 24.3 Å². The summed E-state index contributed by atoms with van der Waals surface area (Å²) in [4.78, 5) is 11.2. The van der Waals surface area contributed by atoms with Gasteiger partial charge in [0, 0.05) is 18.2 Å². The van der Waals surface area contributed by atoms with Gasteiger partial charge in [-0.25, -0.2) is 4.79 Å². The van der Waals surface area contributed by atoms with Crippen molar-refractivity contribution >= 4 is 5.97 Å². The van der Waals surface area contributed by atoms with Crippen molar-refractivity contribution in [3.8, 4) is 5.75 Å². The van der Waals surface area contributed by atoms with E-state index in [-0.39, 0.29) is 12.6 Å². The molecule has 23 heavy (non-hydrogen) atoms. The van der Waals surface area contributed by atoms with Crippen LogP contribution >= 0.6 is 0 Å². The van der Waals surface area contributed by atoms with Gasteiger partial charge in [-0.15, -0.1) is 0 Å². The Morgan fingerprint density at radius 1 is 1.26 bits per heavy atom. The number of rotatable bonds is 8. The van der Waals surface area contributed by atoms with E-state index in [2.05, 4.69) is 17.0 Å². The van der Waals surface area contributed by atoms with Crippen molar-refractivity contribution in [2.75, 3.05) is 13.7 Å². The Kier molecular flexibility index (Phi) is 7.40. The molecule has 1 aliphatic rings. The number of hydrogen-bond acceptors (Lipinski definition) is 4. The van der Waals surface area contributed by atoms with E-state index in [1.54, 1.807) is 0 Å². The zero-order valence-electron chi connectivity index (χ0n) is 14.3. The highest BCUT2D eigenvalue weighted by molar-refractivity contribution is 5.70. The van der Waals surface area contributed by atoms with Crippen molar-refractivity contribution in [1.82, 2.24) is 5.32 Å². The Balaban J connectivity index is 1.80. The molecular formula is C19H29NO3. The molecule has 0 spiro atoms. The Bertz CT molecular complexity index is 483. The van der Waals surface area contributed by atoms with Gasteiger partial charge in [0.05, 0.1) is 7.11 Å². The van der Waals surface area contributed by atoms with Crippen LogP contribution in [0.2, 0.25) is 0 Å². The van der Waals surface area contributed by atoms with Gasteiger partial charge < -0.3 is 14.8 Å². The number of carbonyl (C=O) groups excluding carboxylic acids is 1. The average molecular weight is 319 g/mol. The molecule has 1 unspecified atom stereocenters. The SMILES string of the molecule is COC(=O)COc1ccccc1CNC(C)CC1CCCCC1. The summed E-state index contributed by atoms with van der Waals surface area (Å²) >= 11 is 0. The Hall–Kier alpha value is -1.55. The van der Waals surface area contributed by atoms with Crippen molar-refractivity contribution in [1.29, 1.82) is 0 Å². The van der Waals surface area contributed by atoms with Gasteiger partial charge >= 0.3 is 5.97 Å². The number of ether oxygens (including phenoxy) is 2. The number of esters is 1. The second-order valence-electron chi connectivity index (χ2n) is 6.49. The van der Waals surface area contributed by atoms with E-state index < -0.39 is 0 Å². The lowest BCUT2D eigenvalue weighted by atomic mass is 9.85. The third-order valence-electron chi connectivity index (χ3n) is 4.60. The maximum atomic E-state index is 11.2. The molecule has 0 aliphatic heterocycles. The lowest BCUT2D eigenvalue weighted by Gasteiger charge is -2.25. The molecule has 0 radical (unpaired) electrons. The van der Waals surface area contributed by atoms with Gasteiger partial charge in [0.25, 0.3) is 0 Å². The molecule has 128 valence electrons. The summed E-state index contributed by atoms with van der Waals surface area (Å²) in [6.45, 7) is 2.96. The molecule has 0 amide bonds. The van der Waals surface area contributed by atoms with Crippen LogP contribution in [0, 0.1) is 5.92 Å². The summed E-state index contributed by atoms with van der Waals surface area (Å²) in [6, 6.07) is 8.33. The second kappa shape index (κ2) is 9.56. The minimum Gasteiger partial charge on any atom is -0.482 e. The number of methoxy groups -OCH3 is 1. The molecule has 0 aromatic heterocycles. The first kappa shape index (κ1) is 17.8. The zero-order valence-corrected chi connectivity index (χ0v) is 14.3. The molecule has 1 aliphatic carbocycles. The molecule has 1 atom stereocenters. The third-order valence-corrected chi connectivity index (χ3v) is 4.60.